The maximum Gasteiger partial charge on any atom is 0.277 e. The highest BCUT2D eigenvalue weighted by Crippen LogP contribution is 2.19. The predicted octanol–water partition coefficient (Wildman–Crippen LogP) is 2.73. The van der Waals surface area contributed by atoms with E-state index in [2.05, 4.69) is 15.5 Å². The fourth-order valence-corrected chi connectivity index (χ4v) is 2.59. The molecule has 118 valence electrons. The molecule has 0 spiro atoms. The lowest BCUT2D eigenvalue weighted by atomic mass is 10.2. The van der Waals surface area contributed by atoms with Crippen LogP contribution >= 0.6 is 23.5 Å². The van der Waals surface area contributed by atoms with Gasteiger partial charge in [0.05, 0.1) is 11.5 Å². The summed E-state index contributed by atoms with van der Waals surface area (Å²) in [7, 11) is 3.94. The zero-order valence-electron chi connectivity index (χ0n) is 12.7. The van der Waals surface area contributed by atoms with Gasteiger partial charge in [0.15, 0.2) is 0 Å². The molecule has 0 saturated carbocycles. The van der Waals surface area contributed by atoms with Crippen molar-refractivity contribution >= 4 is 40.8 Å². The van der Waals surface area contributed by atoms with Crippen molar-refractivity contribution in [1.82, 2.24) is 10.2 Å². The number of nitrogens with zero attached hydrogens (tertiary/aromatic N) is 3. The van der Waals surface area contributed by atoms with Crippen LogP contribution in [0.3, 0.4) is 0 Å². The molecule has 2 rings (SSSR count). The Labute approximate surface area is 138 Å². The molecule has 1 aromatic carbocycles. The van der Waals surface area contributed by atoms with Crippen LogP contribution in [0.2, 0.25) is 0 Å². The molecule has 2 aromatic rings. The molecule has 0 bridgehead atoms. The number of benzene rings is 1. The summed E-state index contributed by atoms with van der Waals surface area (Å²) in [6, 6.07) is 7.66. The van der Waals surface area contributed by atoms with Gasteiger partial charge in [-0.25, -0.2) is 0 Å². The Morgan fingerprint density at radius 2 is 2.00 bits per heavy atom. The van der Waals surface area contributed by atoms with Gasteiger partial charge in [-0.05, 0) is 30.5 Å². The van der Waals surface area contributed by atoms with Gasteiger partial charge in [0.25, 0.3) is 5.22 Å². The quantitative estimate of drug-likeness (QED) is 0.778. The lowest BCUT2D eigenvalue weighted by molar-refractivity contribution is -0.113. The normalized spacial score (nSPS) is 10.5. The Morgan fingerprint density at radius 1 is 1.27 bits per heavy atom. The van der Waals surface area contributed by atoms with Crippen LogP contribution in [0, 0.1) is 0 Å². The molecular formula is C14H18N4O2S2. The third-order valence-corrected chi connectivity index (χ3v) is 4.06. The molecule has 6 nitrogen and oxygen atoms in total. The second kappa shape index (κ2) is 8.09. The number of anilines is 2. The summed E-state index contributed by atoms with van der Waals surface area (Å²) in [5.74, 6) is 1.39. The number of thioether (sulfide) groups is 2. The number of rotatable bonds is 7. The lowest BCUT2D eigenvalue weighted by Gasteiger charge is -2.12. The Kier molecular flexibility index (Phi) is 6.14. The molecular weight excluding hydrogens is 320 g/mol. The van der Waals surface area contributed by atoms with E-state index in [1.54, 1.807) is 11.8 Å². The standard InChI is InChI=1S/C14H18N4O2S2/c1-18(2)11-6-4-10(5-7-11)15-12(19)8-22-14-17-16-13(20-14)9-21-3/h4-7H,8-9H2,1-3H3,(H,15,19). The van der Waals surface area contributed by atoms with E-state index in [1.807, 2.05) is 49.5 Å². The van der Waals surface area contributed by atoms with Crippen LogP contribution in [0.15, 0.2) is 33.9 Å². The van der Waals surface area contributed by atoms with E-state index in [1.165, 1.54) is 11.8 Å². The molecule has 0 fully saturated rings. The highest BCUT2D eigenvalue weighted by Gasteiger charge is 2.09. The molecule has 1 N–H and O–H groups in total. The number of hydrogen-bond acceptors (Lipinski definition) is 7. The summed E-state index contributed by atoms with van der Waals surface area (Å²) in [6.07, 6.45) is 1.96. The van der Waals surface area contributed by atoms with Crippen molar-refractivity contribution in [3.63, 3.8) is 0 Å². The summed E-state index contributed by atoms with van der Waals surface area (Å²) < 4.78 is 5.40. The van der Waals surface area contributed by atoms with E-state index in [4.69, 9.17) is 4.42 Å². The molecule has 0 aliphatic heterocycles. The van der Waals surface area contributed by atoms with Gasteiger partial charge in [-0.15, -0.1) is 10.2 Å². The molecule has 0 unspecified atom stereocenters. The van der Waals surface area contributed by atoms with E-state index in [-0.39, 0.29) is 11.7 Å². The predicted molar refractivity (Wildman–Crippen MR) is 91.6 cm³/mol. The van der Waals surface area contributed by atoms with Gasteiger partial charge in [0, 0.05) is 25.5 Å². The fraction of sp³-hybridized carbons (Fsp3) is 0.357. The molecule has 1 amide bonds. The smallest absolute Gasteiger partial charge is 0.277 e. The molecule has 22 heavy (non-hydrogen) atoms. The Morgan fingerprint density at radius 3 is 2.64 bits per heavy atom. The topological polar surface area (TPSA) is 71.3 Å². The summed E-state index contributed by atoms with van der Waals surface area (Å²) in [4.78, 5) is 13.9. The number of carbonyl (C=O) groups excluding carboxylic acids is 1. The van der Waals surface area contributed by atoms with Gasteiger partial charge in [0.2, 0.25) is 11.8 Å². The monoisotopic (exact) mass is 338 g/mol. The first-order valence-corrected chi connectivity index (χ1v) is 8.98. The first kappa shape index (κ1) is 16.7. The fourth-order valence-electron chi connectivity index (χ4n) is 1.65. The van der Waals surface area contributed by atoms with Crippen molar-refractivity contribution in [2.45, 2.75) is 11.0 Å². The maximum absolute atomic E-state index is 11.9. The minimum absolute atomic E-state index is 0.104. The number of nitrogens with one attached hydrogen (secondary N) is 1. The maximum atomic E-state index is 11.9. The third kappa shape index (κ3) is 4.96. The van der Waals surface area contributed by atoms with Crippen LogP contribution < -0.4 is 10.2 Å². The summed E-state index contributed by atoms with van der Waals surface area (Å²) in [5, 5.41) is 11.0. The molecule has 8 heteroatoms. The van der Waals surface area contributed by atoms with Crippen LogP contribution in [0.25, 0.3) is 0 Å². The van der Waals surface area contributed by atoms with Crippen LogP contribution in [0.1, 0.15) is 5.89 Å². The Bertz CT molecular complexity index is 614. The van der Waals surface area contributed by atoms with Gasteiger partial charge < -0.3 is 14.6 Å². The lowest BCUT2D eigenvalue weighted by Crippen LogP contribution is -2.14. The van der Waals surface area contributed by atoms with Crippen molar-refractivity contribution in [2.75, 3.05) is 36.3 Å². The van der Waals surface area contributed by atoms with Gasteiger partial charge in [0.1, 0.15) is 0 Å². The minimum Gasteiger partial charge on any atom is -0.415 e. The summed E-state index contributed by atoms with van der Waals surface area (Å²) in [5.41, 5.74) is 1.85. The number of hydrogen-bond donors (Lipinski definition) is 1. The molecule has 0 aliphatic rings. The van der Waals surface area contributed by atoms with Crippen LogP contribution in [0.5, 0.6) is 0 Å². The van der Waals surface area contributed by atoms with Crippen LogP contribution in [-0.4, -0.2) is 42.2 Å². The van der Waals surface area contributed by atoms with E-state index < -0.39 is 0 Å². The number of amides is 1. The van der Waals surface area contributed by atoms with Crippen LogP contribution in [0.4, 0.5) is 11.4 Å². The van der Waals surface area contributed by atoms with Crippen molar-refractivity contribution in [1.29, 1.82) is 0 Å². The van der Waals surface area contributed by atoms with Crippen molar-refractivity contribution in [3.8, 4) is 0 Å². The largest absolute Gasteiger partial charge is 0.415 e. The van der Waals surface area contributed by atoms with E-state index in [0.29, 0.717) is 16.9 Å². The first-order valence-electron chi connectivity index (χ1n) is 6.60. The van der Waals surface area contributed by atoms with Gasteiger partial charge in [-0.2, -0.15) is 11.8 Å². The Balaban J connectivity index is 1.81. The molecule has 0 atom stereocenters. The zero-order chi connectivity index (χ0) is 15.9. The van der Waals surface area contributed by atoms with E-state index in [0.717, 1.165) is 11.4 Å². The SMILES string of the molecule is CSCc1nnc(SCC(=O)Nc2ccc(N(C)C)cc2)o1. The average molecular weight is 338 g/mol. The first-order chi connectivity index (χ1) is 10.6. The van der Waals surface area contributed by atoms with Crippen molar-refractivity contribution in [2.24, 2.45) is 0 Å². The zero-order valence-corrected chi connectivity index (χ0v) is 14.3. The van der Waals surface area contributed by atoms with Crippen molar-refractivity contribution < 1.29 is 9.21 Å². The second-order valence-corrected chi connectivity index (χ2v) is 6.47. The highest BCUT2D eigenvalue weighted by atomic mass is 32.2. The molecule has 1 aromatic heterocycles. The Hall–Kier alpha value is -1.67. The van der Waals surface area contributed by atoms with Gasteiger partial charge in [-0.1, -0.05) is 11.8 Å². The van der Waals surface area contributed by atoms with Gasteiger partial charge in [-0.3, -0.25) is 4.79 Å². The number of carbonyl (C=O) groups is 1. The third-order valence-electron chi connectivity index (χ3n) is 2.71. The van der Waals surface area contributed by atoms with Crippen molar-refractivity contribution in [3.05, 3.63) is 30.2 Å². The second-order valence-electron chi connectivity index (χ2n) is 4.67. The molecule has 0 aliphatic carbocycles. The highest BCUT2D eigenvalue weighted by molar-refractivity contribution is 7.99. The molecule has 1 heterocycles. The molecule has 0 radical (unpaired) electrons. The summed E-state index contributed by atoms with van der Waals surface area (Å²) in [6.45, 7) is 0. The number of aromatic nitrogens is 2. The average Bonchev–Trinajstić information content (AvgIpc) is 2.94. The van der Waals surface area contributed by atoms with E-state index >= 15 is 0 Å². The van der Waals surface area contributed by atoms with Gasteiger partial charge >= 0.3 is 0 Å². The minimum atomic E-state index is -0.104. The van der Waals surface area contributed by atoms with E-state index in [9.17, 15) is 4.79 Å². The molecule has 0 saturated heterocycles. The summed E-state index contributed by atoms with van der Waals surface area (Å²) >= 11 is 2.84. The van der Waals surface area contributed by atoms with Crippen LogP contribution in [-0.2, 0) is 10.5 Å².